The third-order valence-corrected chi connectivity index (χ3v) is 11.7. The maximum atomic E-state index is 14.1. The Morgan fingerprint density at radius 2 is 1.20 bits per heavy atom. The SMILES string of the molecule is CC(C)[C@H](N)C(=O)OCC(C)(C)C(=O)OCOP(=O)(OCOC(=O)C(C)(C)COC(=O)[C@@H](N)C(C)C)C(O)(Cc1cccnc1)P(=O)(O)O. The number of ether oxygens (including phenoxy) is 4. The number of hydrogen-bond donors (Lipinski definition) is 5. The predicted octanol–water partition coefficient (Wildman–Crippen LogP) is 1.78. The molecule has 49 heavy (non-hydrogen) atoms. The quantitative estimate of drug-likeness (QED) is 0.0551. The molecule has 1 heterocycles. The molecule has 0 aliphatic carbocycles. The van der Waals surface area contributed by atoms with E-state index in [9.17, 15) is 43.2 Å². The second-order valence-corrected chi connectivity index (χ2v) is 17.7. The van der Waals surface area contributed by atoms with Gasteiger partial charge in [0.1, 0.15) is 25.3 Å². The molecule has 0 fully saturated rings. The van der Waals surface area contributed by atoms with Crippen LogP contribution in [-0.2, 0) is 62.7 Å². The summed E-state index contributed by atoms with van der Waals surface area (Å²) in [5.74, 6) is -4.19. The van der Waals surface area contributed by atoms with Crippen LogP contribution in [-0.4, -0.2) is 87.7 Å². The first-order valence-electron chi connectivity index (χ1n) is 15.1. The molecule has 0 aliphatic heterocycles. The number of aromatic nitrogens is 1. The zero-order valence-electron chi connectivity index (χ0n) is 28.9. The van der Waals surface area contributed by atoms with Gasteiger partial charge in [0.15, 0.2) is 0 Å². The molecule has 0 aromatic carbocycles. The number of esters is 4. The lowest BCUT2D eigenvalue weighted by Gasteiger charge is -2.34. The highest BCUT2D eigenvalue weighted by Crippen LogP contribution is 2.73. The Morgan fingerprint density at radius 1 is 0.796 bits per heavy atom. The lowest BCUT2D eigenvalue weighted by molar-refractivity contribution is -0.169. The molecular weight excluding hydrogens is 692 g/mol. The standard InChI is InChI=1S/C29H49N3O15P2/c1-18(2)21(30)23(33)42-14-27(5,6)25(35)44-16-46-49(41,29(37,48(38,39)40)12-20-10-9-11-32-13-20)47-17-45-26(36)28(7,8)15-43-24(34)22(31)19(3)4/h9-11,13,18-19,21-22,37H,12,14-17,30-31H2,1-8H3,(H2,38,39,40)/t21-,22-,29?/m0/s1. The van der Waals surface area contributed by atoms with Crippen molar-refractivity contribution in [2.24, 2.45) is 34.1 Å². The normalized spacial score (nSPS) is 15.2. The fourth-order valence-electron chi connectivity index (χ4n) is 3.43. The van der Waals surface area contributed by atoms with Crippen LogP contribution in [0.25, 0.3) is 0 Å². The summed E-state index contributed by atoms with van der Waals surface area (Å²) in [5.41, 5.74) is 8.46. The van der Waals surface area contributed by atoms with Crippen molar-refractivity contribution in [2.75, 3.05) is 26.8 Å². The fraction of sp³-hybridized carbons (Fsp3) is 0.690. The Bertz CT molecular complexity index is 1320. The van der Waals surface area contributed by atoms with E-state index in [-0.39, 0.29) is 17.4 Å². The summed E-state index contributed by atoms with van der Waals surface area (Å²) in [7, 11) is -11.4. The van der Waals surface area contributed by atoms with E-state index in [1.807, 2.05) is 0 Å². The van der Waals surface area contributed by atoms with Crippen molar-refractivity contribution < 1.29 is 71.2 Å². The zero-order valence-corrected chi connectivity index (χ0v) is 30.7. The van der Waals surface area contributed by atoms with Gasteiger partial charge in [-0.05, 0) is 51.2 Å². The van der Waals surface area contributed by atoms with Crippen molar-refractivity contribution in [1.82, 2.24) is 4.98 Å². The van der Waals surface area contributed by atoms with E-state index in [0.717, 1.165) is 6.20 Å². The van der Waals surface area contributed by atoms with Gasteiger partial charge in [0.25, 0.3) is 5.08 Å². The van der Waals surface area contributed by atoms with Gasteiger partial charge >= 0.3 is 39.1 Å². The molecule has 280 valence electrons. The highest BCUT2D eigenvalue weighted by molar-refractivity contribution is 7.73. The molecule has 0 radical (unpaired) electrons. The molecular formula is C29H49N3O15P2. The van der Waals surface area contributed by atoms with Crippen molar-refractivity contribution in [3.05, 3.63) is 30.1 Å². The summed E-state index contributed by atoms with van der Waals surface area (Å²) in [4.78, 5) is 74.1. The Hall–Kier alpha value is -2.79. The van der Waals surface area contributed by atoms with E-state index in [4.69, 9.17) is 39.5 Å². The first kappa shape index (κ1) is 44.2. The number of rotatable bonds is 20. The minimum atomic E-state index is -5.85. The van der Waals surface area contributed by atoms with Crippen molar-refractivity contribution in [3.8, 4) is 0 Å². The largest absolute Gasteiger partial charge is 0.463 e. The molecule has 18 nitrogen and oxygen atoms in total. The van der Waals surface area contributed by atoms with Crippen LogP contribution in [0.1, 0.15) is 61.0 Å². The summed E-state index contributed by atoms with van der Waals surface area (Å²) in [5, 5.41) is 7.72. The molecule has 3 atom stereocenters. The fourth-order valence-corrected chi connectivity index (χ4v) is 6.69. The first-order valence-corrected chi connectivity index (χ1v) is 18.2. The van der Waals surface area contributed by atoms with Gasteiger partial charge < -0.3 is 45.3 Å². The number of pyridine rings is 1. The zero-order chi connectivity index (χ0) is 38.0. The van der Waals surface area contributed by atoms with Gasteiger partial charge in [-0.1, -0.05) is 33.8 Å². The van der Waals surface area contributed by atoms with Gasteiger partial charge in [-0.2, -0.15) is 0 Å². The number of carbonyl (C=O) groups excluding carboxylic acids is 4. The van der Waals surface area contributed by atoms with Gasteiger partial charge in [0.2, 0.25) is 13.6 Å². The Morgan fingerprint density at radius 3 is 1.53 bits per heavy atom. The number of aliphatic hydroxyl groups is 1. The van der Waals surface area contributed by atoms with Gasteiger partial charge in [-0.3, -0.25) is 42.3 Å². The predicted molar refractivity (Wildman–Crippen MR) is 172 cm³/mol. The van der Waals surface area contributed by atoms with E-state index in [1.165, 1.54) is 46.0 Å². The van der Waals surface area contributed by atoms with Crippen LogP contribution < -0.4 is 11.5 Å². The molecule has 1 aromatic rings. The molecule has 0 spiro atoms. The van der Waals surface area contributed by atoms with E-state index in [0.29, 0.717) is 0 Å². The summed E-state index contributed by atoms with van der Waals surface area (Å²) < 4.78 is 57.1. The van der Waals surface area contributed by atoms with Gasteiger partial charge in [-0.25, -0.2) is 0 Å². The Balaban J connectivity index is 3.20. The van der Waals surface area contributed by atoms with Crippen molar-refractivity contribution in [2.45, 2.75) is 79.0 Å². The lowest BCUT2D eigenvalue weighted by Crippen LogP contribution is -2.40. The molecule has 1 aromatic heterocycles. The third-order valence-electron chi connectivity index (χ3n) is 7.13. The Labute approximate surface area is 285 Å². The van der Waals surface area contributed by atoms with Crippen molar-refractivity contribution >= 4 is 39.1 Å². The van der Waals surface area contributed by atoms with Crippen LogP contribution in [0.5, 0.6) is 0 Å². The smallest absolute Gasteiger partial charge is 0.380 e. The molecule has 1 unspecified atom stereocenters. The molecule has 0 saturated carbocycles. The number of carbonyl (C=O) groups is 4. The van der Waals surface area contributed by atoms with E-state index in [2.05, 4.69) is 4.98 Å². The summed E-state index contributed by atoms with van der Waals surface area (Å²) in [6.07, 6.45) is 1.41. The second kappa shape index (κ2) is 17.9. The number of nitrogens with zero attached hydrogens (tertiary/aromatic N) is 1. The third kappa shape index (κ3) is 12.5. The summed E-state index contributed by atoms with van der Waals surface area (Å²) in [6, 6.07) is 0.766. The van der Waals surface area contributed by atoms with Gasteiger partial charge in [-0.15, -0.1) is 0 Å². The highest BCUT2D eigenvalue weighted by atomic mass is 31.2. The molecule has 0 aliphatic rings. The number of hydrogen-bond acceptors (Lipinski definition) is 16. The monoisotopic (exact) mass is 741 g/mol. The molecule has 7 N–H and O–H groups in total. The van der Waals surface area contributed by atoms with Crippen LogP contribution in [0.15, 0.2) is 24.5 Å². The average molecular weight is 742 g/mol. The van der Waals surface area contributed by atoms with E-state index in [1.54, 1.807) is 27.7 Å². The van der Waals surface area contributed by atoms with Crippen LogP contribution in [0.4, 0.5) is 0 Å². The summed E-state index contributed by atoms with van der Waals surface area (Å²) in [6.45, 7) is 8.56. The topological polar surface area (TPSA) is 283 Å². The first-order chi connectivity index (χ1) is 22.3. The molecule has 0 saturated heterocycles. The molecule has 20 heteroatoms. The van der Waals surface area contributed by atoms with E-state index >= 15 is 0 Å². The molecule has 0 amide bonds. The van der Waals surface area contributed by atoms with Crippen LogP contribution in [0.2, 0.25) is 0 Å². The maximum absolute atomic E-state index is 14.1. The number of nitrogens with two attached hydrogens (primary N) is 2. The van der Waals surface area contributed by atoms with Crippen LogP contribution >= 0.6 is 15.2 Å². The van der Waals surface area contributed by atoms with Crippen LogP contribution in [0.3, 0.4) is 0 Å². The van der Waals surface area contributed by atoms with Gasteiger partial charge in [0.05, 0.1) is 10.8 Å². The Kier molecular flexibility index (Phi) is 16.2. The van der Waals surface area contributed by atoms with Crippen molar-refractivity contribution in [3.63, 3.8) is 0 Å². The van der Waals surface area contributed by atoms with E-state index < -0.39 is 100 Å². The van der Waals surface area contributed by atoms with Crippen LogP contribution in [0, 0.1) is 22.7 Å². The maximum Gasteiger partial charge on any atom is 0.380 e. The summed E-state index contributed by atoms with van der Waals surface area (Å²) >= 11 is 0. The second-order valence-electron chi connectivity index (χ2n) is 13.2. The molecule has 0 bridgehead atoms. The van der Waals surface area contributed by atoms with Gasteiger partial charge in [0, 0.05) is 18.8 Å². The average Bonchev–Trinajstić information content (AvgIpc) is 3.01. The minimum Gasteiger partial charge on any atom is -0.463 e. The minimum absolute atomic E-state index is 0.0140. The van der Waals surface area contributed by atoms with Crippen molar-refractivity contribution in [1.29, 1.82) is 0 Å². The molecule has 1 rings (SSSR count). The highest BCUT2D eigenvalue weighted by Gasteiger charge is 2.63. The lowest BCUT2D eigenvalue weighted by atomic mass is 9.95.